The van der Waals surface area contributed by atoms with Gasteiger partial charge in [-0.15, -0.1) is 0 Å². The van der Waals surface area contributed by atoms with Gasteiger partial charge >= 0.3 is 0 Å². The number of carbonyl (C=O) groups is 1. The largest absolute Gasteiger partial charge is 0.493 e. The van der Waals surface area contributed by atoms with Gasteiger partial charge in [0.2, 0.25) is 0 Å². The molecule has 3 nitrogen and oxygen atoms in total. The van der Waals surface area contributed by atoms with Crippen molar-refractivity contribution in [1.29, 1.82) is 0 Å². The van der Waals surface area contributed by atoms with Crippen molar-refractivity contribution in [2.45, 2.75) is 26.2 Å². The fraction of sp³-hybridized carbons (Fsp3) is 0.250. The molecule has 2 aromatic rings. The lowest BCUT2D eigenvalue weighted by Gasteiger charge is -2.14. The summed E-state index contributed by atoms with van der Waals surface area (Å²) in [5.74, 6) is 0.718. The fourth-order valence-electron chi connectivity index (χ4n) is 2.66. The second-order valence-corrected chi connectivity index (χ2v) is 5.62. The number of aromatic amines is 1. The Morgan fingerprint density at radius 2 is 2.09 bits per heavy atom. The highest BCUT2D eigenvalue weighted by molar-refractivity contribution is 6.09. The van der Waals surface area contributed by atoms with E-state index in [9.17, 15) is 4.79 Å². The van der Waals surface area contributed by atoms with Gasteiger partial charge in [-0.25, -0.2) is 0 Å². The Hall–Kier alpha value is -2.55. The molecule has 0 saturated carbocycles. The van der Waals surface area contributed by atoms with Crippen LogP contribution in [0.1, 0.15) is 31.9 Å². The molecule has 1 aliphatic carbocycles. The van der Waals surface area contributed by atoms with Gasteiger partial charge in [0.25, 0.3) is 0 Å². The first kappa shape index (κ1) is 15.3. The molecule has 3 heteroatoms. The van der Waals surface area contributed by atoms with E-state index in [-0.39, 0.29) is 5.78 Å². The molecule has 0 amide bonds. The smallest absolute Gasteiger partial charge is 0.189 e. The van der Waals surface area contributed by atoms with Crippen LogP contribution in [0.25, 0.3) is 17.0 Å². The minimum atomic E-state index is -0.00860. The zero-order chi connectivity index (χ0) is 16.1. The lowest BCUT2D eigenvalue weighted by molar-refractivity contribution is -0.111. The number of allylic oxidation sites excluding steroid dienone is 4. The van der Waals surface area contributed by atoms with Crippen molar-refractivity contribution in [3.05, 3.63) is 65.6 Å². The van der Waals surface area contributed by atoms with Gasteiger partial charge in [-0.05, 0) is 55.0 Å². The average Bonchev–Trinajstić information content (AvgIpc) is 3.01. The van der Waals surface area contributed by atoms with Gasteiger partial charge < -0.3 is 9.72 Å². The van der Waals surface area contributed by atoms with Crippen LogP contribution in [0.3, 0.4) is 0 Å². The van der Waals surface area contributed by atoms with E-state index in [1.165, 1.54) is 0 Å². The van der Waals surface area contributed by atoms with Gasteiger partial charge in [0.15, 0.2) is 5.78 Å². The Balaban J connectivity index is 1.74. The van der Waals surface area contributed by atoms with E-state index in [1.54, 1.807) is 6.08 Å². The van der Waals surface area contributed by atoms with Crippen LogP contribution in [0.2, 0.25) is 0 Å². The lowest BCUT2D eigenvalue weighted by Crippen LogP contribution is -2.08. The van der Waals surface area contributed by atoms with Crippen molar-refractivity contribution < 1.29 is 9.53 Å². The van der Waals surface area contributed by atoms with Crippen molar-refractivity contribution in [1.82, 2.24) is 4.98 Å². The van der Waals surface area contributed by atoms with E-state index in [4.69, 9.17) is 4.74 Å². The number of ketones is 1. The summed E-state index contributed by atoms with van der Waals surface area (Å²) >= 11 is 0. The number of aromatic nitrogens is 1. The number of rotatable bonds is 6. The van der Waals surface area contributed by atoms with E-state index in [1.807, 2.05) is 48.6 Å². The molecule has 0 spiro atoms. The van der Waals surface area contributed by atoms with Crippen molar-refractivity contribution in [3.8, 4) is 0 Å². The Morgan fingerprint density at radius 1 is 1.26 bits per heavy atom. The summed E-state index contributed by atoms with van der Waals surface area (Å²) in [5.41, 5.74) is 2.68. The van der Waals surface area contributed by atoms with E-state index in [0.717, 1.165) is 41.6 Å². The minimum Gasteiger partial charge on any atom is -0.493 e. The molecule has 0 bridgehead atoms. The first-order valence-electron chi connectivity index (χ1n) is 8.11. The van der Waals surface area contributed by atoms with Crippen LogP contribution in [-0.2, 0) is 9.53 Å². The van der Waals surface area contributed by atoms with Crippen LogP contribution in [0.15, 0.2) is 59.9 Å². The predicted octanol–water partition coefficient (Wildman–Crippen LogP) is 4.78. The topological polar surface area (TPSA) is 42.1 Å². The van der Waals surface area contributed by atoms with Gasteiger partial charge in [0, 0.05) is 11.2 Å². The van der Waals surface area contributed by atoms with E-state index in [0.29, 0.717) is 12.2 Å². The second kappa shape index (κ2) is 7.14. The van der Waals surface area contributed by atoms with Crippen molar-refractivity contribution in [3.63, 3.8) is 0 Å². The van der Waals surface area contributed by atoms with Crippen LogP contribution >= 0.6 is 0 Å². The third-order valence-electron chi connectivity index (χ3n) is 3.80. The molecule has 23 heavy (non-hydrogen) atoms. The van der Waals surface area contributed by atoms with E-state index in [2.05, 4.69) is 11.9 Å². The lowest BCUT2D eigenvalue weighted by atomic mass is 10.0. The molecular formula is C20H21NO2. The van der Waals surface area contributed by atoms with E-state index >= 15 is 0 Å². The summed E-state index contributed by atoms with van der Waals surface area (Å²) in [7, 11) is 0. The summed E-state index contributed by atoms with van der Waals surface area (Å²) in [6.07, 6.45) is 10.2. The number of ether oxygens (including phenoxy) is 1. The molecule has 0 saturated heterocycles. The normalized spacial score (nSPS) is 14.8. The monoisotopic (exact) mass is 307 g/mol. The van der Waals surface area contributed by atoms with Gasteiger partial charge in [-0.2, -0.15) is 0 Å². The number of hydrogen-bond acceptors (Lipinski definition) is 2. The number of carbonyl (C=O) groups excluding carboxylic acids is 1. The van der Waals surface area contributed by atoms with Gasteiger partial charge in [0.1, 0.15) is 5.76 Å². The zero-order valence-corrected chi connectivity index (χ0v) is 13.3. The Bertz CT molecular complexity index is 760. The summed E-state index contributed by atoms with van der Waals surface area (Å²) < 4.78 is 5.70. The molecule has 1 aliphatic rings. The second-order valence-electron chi connectivity index (χ2n) is 5.62. The summed E-state index contributed by atoms with van der Waals surface area (Å²) in [6, 6.07) is 10.1. The Labute approximate surface area is 136 Å². The van der Waals surface area contributed by atoms with Crippen LogP contribution in [0.4, 0.5) is 0 Å². The van der Waals surface area contributed by atoms with Crippen LogP contribution in [-0.4, -0.2) is 17.4 Å². The maximum Gasteiger partial charge on any atom is 0.189 e. The number of nitrogens with one attached hydrogen (secondary N) is 1. The average molecular weight is 307 g/mol. The molecule has 0 unspecified atom stereocenters. The molecule has 1 heterocycles. The molecule has 0 atom stereocenters. The number of para-hydroxylation sites is 1. The number of benzene rings is 1. The molecule has 1 aromatic heterocycles. The summed E-state index contributed by atoms with van der Waals surface area (Å²) in [6.45, 7) is 2.70. The number of fused-ring (bicyclic) bond motifs is 1. The maximum absolute atomic E-state index is 12.5. The Kier molecular flexibility index (Phi) is 4.77. The Morgan fingerprint density at radius 3 is 2.91 bits per heavy atom. The molecule has 0 fully saturated rings. The molecule has 0 radical (unpaired) electrons. The molecular weight excluding hydrogens is 286 g/mol. The first-order chi connectivity index (χ1) is 11.3. The SMILES string of the molecule is CCCOC1=CCCC=C1C(=O)/C=C/c1cc2ccccc2[nH]1. The fourth-order valence-corrected chi connectivity index (χ4v) is 2.66. The molecule has 0 aliphatic heterocycles. The van der Waals surface area contributed by atoms with Crippen molar-refractivity contribution in [2.24, 2.45) is 0 Å². The van der Waals surface area contributed by atoms with Crippen molar-refractivity contribution >= 4 is 22.8 Å². The highest BCUT2D eigenvalue weighted by Gasteiger charge is 2.15. The van der Waals surface area contributed by atoms with E-state index < -0.39 is 0 Å². The summed E-state index contributed by atoms with van der Waals surface area (Å²) in [5, 5.41) is 1.14. The van der Waals surface area contributed by atoms with Gasteiger partial charge in [-0.1, -0.05) is 31.2 Å². The maximum atomic E-state index is 12.5. The van der Waals surface area contributed by atoms with Crippen molar-refractivity contribution in [2.75, 3.05) is 6.61 Å². The van der Waals surface area contributed by atoms with Crippen LogP contribution in [0.5, 0.6) is 0 Å². The standard InChI is InChI=1S/C20H21NO2/c1-2-13-23-20-10-6-4-8-17(20)19(22)12-11-16-14-15-7-3-5-9-18(15)21-16/h3,5,7-12,14,21H,2,4,6,13H2,1H3/b12-11+. The number of H-pyrrole nitrogens is 1. The third kappa shape index (κ3) is 3.62. The minimum absolute atomic E-state index is 0.00860. The third-order valence-corrected chi connectivity index (χ3v) is 3.80. The number of hydrogen-bond donors (Lipinski definition) is 1. The molecule has 1 N–H and O–H groups in total. The first-order valence-corrected chi connectivity index (χ1v) is 8.11. The molecule has 3 rings (SSSR count). The van der Waals surface area contributed by atoms with Gasteiger partial charge in [-0.3, -0.25) is 4.79 Å². The van der Waals surface area contributed by atoms with Crippen LogP contribution in [0, 0.1) is 0 Å². The zero-order valence-electron chi connectivity index (χ0n) is 13.3. The quantitative estimate of drug-likeness (QED) is 0.780. The summed E-state index contributed by atoms with van der Waals surface area (Å²) in [4.78, 5) is 15.8. The highest BCUT2D eigenvalue weighted by Crippen LogP contribution is 2.22. The molecule has 1 aromatic carbocycles. The van der Waals surface area contributed by atoms with Crippen LogP contribution < -0.4 is 0 Å². The predicted molar refractivity (Wildman–Crippen MR) is 94.0 cm³/mol. The molecule has 118 valence electrons. The highest BCUT2D eigenvalue weighted by atomic mass is 16.5. The van der Waals surface area contributed by atoms with Gasteiger partial charge in [0.05, 0.1) is 12.2 Å².